The molecule has 9 heteroatoms. The molecule has 188 valence electrons. The van der Waals surface area contributed by atoms with Gasteiger partial charge in [-0.05, 0) is 61.0 Å². The third-order valence-electron chi connectivity index (χ3n) is 5.60. The number of carbonyl (C=O) groups excluding carboxylic acids is 4. The van der Waals surface area contributed by atoms with Crippen molar-refractivity contribution in [2.45, 2.75) is 19.5 Å². The topological polar surface area (TPSA) is 122 Å². The van der Waals surface area contributed by atoms with Crippen LogP contribution in [0.1, 0.15) is 45.2 Å². The van der Waals surface area contributed by atoms with E-state index in [9.17, 15) is 19.2 Å². The molecule has 1 atom stereocenters. The summed E-state index contributed by atoms with van der Waals surface area (Å²) in [5.74, 6) is -1.09. The molecule has 2 aromatic carbocycles. The number of benzene rings is 2. The lowest BCUT2D eigenvalue weighted by Gasteiger charge is -2.31. The van der Waals surface area contributed by atoms with E-state index in [2.05, 4.69) is 10.6 Å². The molecule has 0 aliphatic rings. The zero-order valence-electron chi connectivity index (χ0n) is 20.0. The van der Waals surface area contributed by atoms with Crippen LogP contribution in [-0.2, 0) is 16.1 Å². The second-order valence-electron chi connectivity index (χ2n) is 8.14. The summed E-state index contributed by atoms with van der Waals surface area (Å²) in [4.78, 5) is 52.7. The van der Waals surface area contributed by atoms with Crippen molar-refractivity contribution < 1.29 is 28.0 Å². The van der Waals surface area contributed by atoms with Gasteiger partial charge in [-0.3, -0.25) is 24.1 Å². The fourth-order valence-corrected chi connectivity index (χ4v) is 3.77. The third-order valence-corrected chi connectivity index (χ3v) is 5.60. The predicted molar refractivity (Wildman–Crippen MR) is 135 cm³/mol. The van der Waals surface area contributed by atoms with Crippen molar-refractivity contribution in [3.05, 3.63) is 114 Å². The van der Waals surface area contributed by atoms with Gasteiger partial charge in [0.2, 0.25) is 11.8 Å². The number of nitrogens with zero attached hydrogens (tertiary/aromatic N) is 1. The molecule has 9 nitrogen and oxygen atoms in total. The summed E-state index contributed by atoms with van der Waals surface area (Å²) >= 11 is 0. The number of anilines is 1. The van der Waals surface area contributed by atoms with Crippen LogP contribution in [-0.4, -0.2) is 30.0 Å². The van der Waals surface area contributed by atoms with Crippen LogP contribution in [0, 0.1) is 0 Å². The number of rotatable bonds is 10. The highest BCUT2D eigenvalue weighted by Gasteiger charge is 2.33. The SMILES string of the molecule is CC(=O)c1ccc(N(C(=O)CNC(=O)c2ccco2)[C@@H](C(=O)NCc2ccco2)c2ccccc2)cc1. The molecule has 0 aliphatic carbocycles. The van der Waals surface area contributed by atoms with Crippen molar-refractivity contribution in [2.24, 2.45) is 0 Å². The van der Waals surface area contributed by atoms with Gasteiger partial charge in [-0.2, -0.15) is 0 Å². The molecule has 0 unspecified atom stereocenters. The van der Waals surface area contributed by atoms with Crippen molar-refractivity contribution >= 4 is 29.2 Å². The first kappa shape index (κ1) is 25.2. The summed E-state index contributed by atoms with van der Waals surface area (Å²) in [6.07, 6.45) is 2.86. The first-order valence-electron chi connectivity index (χ1n) is 11.5. The van der Waals surface area contributed by atoms with Gasteiger partial charge in [0.1, 0.15) is 11.8 Å². The Bertz CT molecular complexity index is 1350. The number of hydrogen-bond acceptors (Lipinski definition) is 6. The number of Topliss-reactive ketones (excluding diaryl/α,β-unsaturated/α-hetero) is 1. The second kappa shape index (κ2) is 11.7. The highest BCUT2D eigenvalue weighted by Crippen LogP contribution is 2.28. The molecule has 4 rings (SSSR count). The minimum atomic E-state index is -1.08. The van der Waals surface area contributed by atoms with E-state index >= 15 is 0 Å². The van der Waals surface area contributed by atoms with E-state index in [0.29, 0.717) is 22.6 Å². The van der Waals surface area contributed by atoms with Gasteiger partial charge in [-0.1, -0.05) is 30.3 Å². The predicted octanol–water partition coefficient (Wildman–Crippen LogP) is 3.90. The molecule has 37 heavy (non-hydrogen) atoms. The zero-order chi connectivity index (χ0) is 26.2. The Hall–Kier alpha value is -4.92. The summed E-state index contributed by atoms with van der Waals surface area (Å²) in [6, 6.07) is 20.6. The number of hydrogen-bond donors (Lipinski definition) is 2. The Labute approximate surface area is 213 Å². The highest BCUT2D eigenvalue weighted by molar-refractivity contribution is 6.04. The van der Waals surface area contributed by atoms with Gasteiger partial charge < -0.3 is 19.5 Å². The highest BCUT2D eigenvalue weighted by atomic mass is 16.3. The van der Waals surface area contributed by atoms with E-state index < -0.39 is 30.3 Å². The maximum atomic E-state index is 13.6. The molecule has 0 aliphatic heterocycles. The van der Waals surface area contributed by atoms with Crippen LogP contribution >= 0.6 is 0 Å². The van der Waals surface area contributed by atoms with Crippen molar-refractivity contribution in [1.82, 2.24) is 10.6 Å². The normalized spacial score (nSPS) is 11.4. The fourth-order valence-electron chi connectivity index (χ4n) is 3.77. The summed E-state index contributed by atoms with van der Waals surface area (Å²) < 4.78 is 10.4. The van der Waals surface area contributed by atoms with Gasteiger partial charge in [0.05, 0.1) is 25.6 Å². The number of furan rings is 2. The maximum absolute atomic E-state index is 13.6. The Morgan fingerprint density at radius 1 is 0.811 bits per heavy atom. The molecule has 2 heterocycles. The molecule has 0 fully saturated rings. The van der Waals surface area contributed by atoms with Gasteiger partial charge >= 0.3 is 0 Å². The molecule has 3 amide bonds. The minimum absolute atomic E-state index is 0.0564. The molecule has 0 bridgehead atoms. The summed E-state index contributed by atoms with van der Waals surface area (Å²) in [5, 5.41) is 5.36. The molecule has 0 saturated carbocycles. The number of carbonyl (C=O) groups is 4. The lowest BCUT2D eigenvalue weighted by atomic mass is 10.0. The van der Waals surface area contributed by atoms with Crippen LogP contribution < -0.4 is 15.5 Å². The van der Waals surface area contributed by atoms with Crippen LogP contribution in [0.5, 0.6) is 0 Å². The summed E-state index contributed by atoms with van der Waals surface area (Å²) in [7, 11) is 0. The molecular weight excluding hydrogens is 474 g/mol. The van der Waals surface area contributed by atoms with Crippen LogP contribution in [0.4, 0.5) is 5.69 Å². The van der Waals surface area contributed by atoms with Crippen molar-refractivity contribution in [3.63, 3.8) is 0 Å². The van der Waals surface area contributed by atoms with Crippen molar-refractivity contribution in [1.29, 1.82) is 0 Å². The van der Waals surface area contributed by atoms with Gasteiger partial charge in [0, 0.05) is 11.3 Å². The van der Waals surface area contributed by atoms with Crippen LogP contribution in [0.3, 0.4) is 0 Å². The lowest BCUT2D eigenvalue weighted by molar-refractivity contribution is -0.126. The average molecular weight is 500 g/mol. The Morgan fingerprint density at radius 3 is 2.14 bits per heavy atom. The van der Waals surface area contributed by atoms with E-state index in [0.717, 1.165) is 0 Å². The average Bonchev–Trinajstić information content (AvgIpc) is 3.64. The monoisotopic (exact) mass is 499 g/mol. The quantitative estimate of drug-likeness (QED) is 0.319. The minimum Gasteiger partial charge on any atom is -0.467 e. The van der Waals surface area contributed by atoms with E-state index in [4.69, 9.17) is 8.83 Å². The Balaban J connectivity index is 1.67. The smallest absolute Gasteiger partial charge is 0.287 e. The van der Waals surface area contributed by atoms with Crippen molar-refractivity contribution in [3.8, 4) is 0 Å². The third kappa shape index (κ3) is 6.21. The van der Waals surface area contributed by atoms with Crippen LogP contribution in [0.2, 0.25) is 0 Å². The summed E-state index contributed by atoms with van der Waals surface area (Å²) in [6.45, 7) is 1.16. The molecule has 2 N–H and O–H groups in total. The number of ketones is 1. The number of amides is 3. The largest absolute Gasteiger partial charge is 0.467 e. The Morgan fingerprint density at radius 2 is 1.51 bits per heavy atom. The van der Waals surface area contributed by atoms with Crippen LogP contribution in [0.15, 0.2) is 100 Å². The Kier molecular flexibility index (Phi) is 7.95. The van der Waals surface area contributed by atoms with E-state index in [1.807, 2.05) is 0 Å². The lowest BCUT2D eigenvalue weighted by Crippen LogP contribution is -2.47. The summed E-state index contributed by atoms with van der Waals surface area (Å²) in [5.41, 5.74) is 1.39. The standard InChI is InChI=1S/C28H25N3O6/c1-19(32)20-11-13-22(14-12-20)31(25(33)18-30-27(34)24-10-6-16-37-24)26(21-7-3-2-4-8-21)28(35)29-17-23-9-5-15-36-23/h2-16,26H,17-18H2,1H3,(H,29,35)(H,30,34)/t26-/m1/s1. The molecular formula is C28H25N3O6. The first-order chi connectivity index (χ1) is 17.9. The van der Waals surface area contributed by atoms with Gasteiger partial charge in [0.15, 0.2) is 11.5 Å². The maximum Gasteiger partial charge on any atom is 0.287 e. The molecule has 0 spiro atoms. The van der Waals surface area contributed by atoms with Crippen molar-refractivity contribution in [2.75, 3.05) is 11.4 Å². The van der Waals surface area contributed by atoms with Gasteiger partial charge in [-0.25, -0.2) is 0 Å². The zero-order valence-corrected chi connectivity index (χ0v) is 20.0. The molecule has 0 saturated heterocycles. The number of nitrogens with one attached hydrogen (secondary N) is 2. The van der Waals surface area contributed by atoms with Crippen LogP contribution in [0.25, 0.3) is 0 Å². The molecule has 2 aromatic heterocycles. The van der Waals surface area contributed by atoms with E-state index in [-0.39, 0.29) is 18.1 Å². The van der Waals surface area contributed by atoms with Gasteiger partial charge in [0.25, 0.3) is 5.91 Å². The van der Waals surface area contributed by atoms with Gasteiger partial charge in [-0.15, -0.1) is 0 Å². The second-order valence-corrected chi connectivity index (χ2v) is 8.14. The first-order valence-corrected chi connectivity index (χ1v) is 11.5. The molecule has 4 aromatic rings. The fraction of sp³-hybridized carbons (Fsp3) is 0.143. The molecule has 0 radical (unpaired) electrons. The van der Waals surface area contributed by atoms with E-state index in [1.54, 1.807) is 72.8 Å². The van der Waals surface area contributed by atoms with E-state index in [1.165, 1.54) is 30.4 Å².